The van der Waals surface area contributed by atoms with E-state index in [2.05, 4.69) is 0 Å². The minimum Gasteiger partial charge on any atom is -0.480 e. The summed E-state index contributed by atoms with van der Waals surface area (Å²) >= 11 is 0. The van der Waals surface area contributed by atoms with Crippen LogP contribution in [0, 0.1) is 0 Å². The van der Waals surface area contributed by atoms with Crippen LogP contribution >= 0.6 is 0 Å². The van der Waals surface area contributed by atoms with E-state index in [1.165, 1.54) is 0 Å². The summed E-state index contributed by atoms with van der Waals surface area (Å²) < 4.78 is 0. The van der Waals surface area contributed by atoms with Crippen molar-refractivity contribution in [2.75, 3.05) is 11.5 Å². The molecule has 5 nitrogen and oxygen atoms in total. The number of benzene rings is 3. The van der Waals surface area contributed by atoms with E-state index >= 15 is 0 Å². The van der Waals surface area contributed by atoms with Crippen LogP contribution in [0.25, 0.3) is 11.1 Å². The van der Waals surface area contributed by atoms with Crippen molar-refractivity contribution in [2.45, 2.75) is 12.5 Å². The zero-order chi connectivity index (χ0) is 18.9. The largest absolute Gasteiger partial charge is 0.480 e. The van der Waals surface area contributed by atoms with E-state index in [9.17, 15) is 4.79 Å². The van der Waals surface area contributed by atoms with Gasteiger partial charge in [0, 0.05) is 11.4 Å². The fraction of sp³-hybridized carbons (Fsp3) is 0.0952. The van der Waals surface area contributed by atoms with Crippen LogP contribution in [0.2, 0.25) is 0 Å². The van der Waals surface area contributed by atoms with Gasteiger partial charge >= 0.3 is 5.97 Å². The SMILES string of the molecule is N[C@@H](Cc1ccccc1)C(=O)O.Nc1ccc(-c2ccc(N)cc2)cc1. The van der Waals surface area contributed by atoms with Gasteiger partial charge in [-0.25, -0.2) is 0 Å². The molecule has 26 heavy (non-hydrogen) atoms. The van der Waals surface area contributed by atoms with Crippen LogP contribution in [0.4, 0.5) is 11.4 Å². The summed E-state index contributed by atoms with van der Waals surface area (Å²) in [6.45, 7) is 0. The van der Waals surface area contributed by atoms with Gasteiger partial charge in [0.15, 0.2) is 0 Å². The van der Waals surface area contributed by atoms with Crippen molar-refractivity contribution >= 4 is 17.3 Å². The topological polar surface area (TPSA) is 115 Å². The number of hydrogen-bond acceptors (Lipinski definition) is 4. The van der Waals surface area contributed by atoms with Crippen LogP contribution in [0.15, 0.2) is 78.9 Å². The lowest BCUT2D eigenvalue weighted by molar-refractivity contribution is -0.138. The molecule has 0 radical (unpaired) electrons. The maximum Gasteiger partial charge on any atom is 0.320 e. The highest BCUT2D eigenvalue weighted by molar-refractivity contribution is 5.73. The number of carboxylic acids is 1. The lowest BCUT2D eigenvalue weighted by Crippen LogP contribution is -2.32. The molecule has 0 fully saturated rings. The highest BCUT2D eigenvalue weighted by atomic mass is 16.4. The Labute approximate surface area is 153 Å². The second kappa shape index (κ2) is 9.25. The van der Waals surface area contributed by atoms with Crippen LogP contribution in [0.1, 0.15) is 5.56 Å². The van der Waals surface area contributed by atoms with Gasteiger partial charge in [-0.15, -0.1) is 0 Å². The molecule has 0 aliphatic rings. The molecule has 5 heteroatoms. The van der Waals surface area contributed by atoms with Crippen LogP contribution in [0.3, 0.4) is 0 Å². The Morgan fingerprint density at radius 1 is 0.769 bits per heavy atom. The molecule has 0 saturated heterocycles. The molecule has 0 amide bonds. The van der Waals surface area contributed by atoms with Crippen LogP contribution in [0.5, 0.6) is 0 Å². The predicted molar refractivity (Wildman–Crippen MR) is 106 cm³/mol. The van der Waals surface area contributed by atoms with E-state index in [1.807, 2.05) is 78.9 Å². The first-order valence-electron chi connectivity index (χ1n) is 8.19. The Bertz CT molecular complexity index is 773. The number of aliphatic carboxylic acids is 1. The molecule has 1 atom stereocenters. The average molecular weight is 349 g/mol. The fourth-order valence-electron chi connectivity index (χ4n) is 2.31. The molecule has 3 aromatic carbocycles. The second-order valence-corrected chi connectivity index (χ2v) is 5.88. The van der Waals surface area contributed by atoms with Gasteiger partial charge in [0.2, 0.25) is 0 Å². The number of rotatable bonds is 4. The van der Waals surface area contributed by atoms with E-state index in [0.717, 1.165) is 28.1 Å². The Morgan fingerprint density at radius 2 is 1.19 bits per heavy atom. The standard InChI is InChI=1S/C12H12N2.C9H11NO2/c13-11-5-1-9(2-6-11)10-3-7-12(14)8-4-10;10-8(9(11)12)6-7-4-2-1-3-5-7/h1-8H,13-14H2;1-5,8H,6,10H2,(H,11,12)/t;8-/m.0/s1. The average Bonchev–Trinajstić information content (AvgIpc) is 2.64. The summed E-state index contributed by atoms with van der Waals surface area (Å²) in [4.78, 5) is 10.4. The first-order valence-corrected chi connectivity index (χ1v) is 8.19. The van der Waals surface area contributed by atoms with Crippen molar-refractivity contribution in [3.8, 4) is 11.1 Å². The van der Waals surface area contributed by atoms with Gasteiger partial charge in [0.1, 0.15) is 6.04 Å². The molecule has 0 unspecified atom stereocenters. The lowest BCUT2D eigenvalue weighted by atomic mass is 10.1. The Morgan fingerprint density at radius 3 is 1.58 bits per heavy atom. The first-order chi connectivity index (χ1) is 12.5. The third-order valence-corrected chi connectivity index (χ3v) is 3.77. The van der Waals surface area contributed by atoms with Gasteiger partial charge in [-0.1, -0.05) is 54.6 Å². The summed E-state index contributed by atoms with van der Waals surface area (Å²) in [5.74, 6) is -0.959. The summed E-state index contributed by atoms with van der Waals surface area (Å²) in [5.41, 5.74) is 21.4. The molecule has 0 saturated carbocycles. The van der Waals surface area contributed by atoms with Crippen molar-refractivity contribution in [3.63, 3.8) is 0 Å². The molecule has 134 valence electrons. The minimum atomic E-state index is -0.959. The Kier molecular flexibility index (Phi) is 6.76. The molecule has 0 spiro atoms. The molecule has 3 aromatic rings. The first kappa shape index (κ1) is 19.0. The number of nitrogens with two attached hydrogens (primary N) is 3. The zero-order valence-electron chi connectivity index (χ0n) is 14.4. The minimum absolute atomic E-state index is 0.385. The number of carboxylic acid groups (broad SMARTS) is 1. The van der Waals surface area contributed by atoms with Gasteiger partial charge < -0.3 is 22.3 Å². The molecular weight excluding hydrogens is 326 g/mol. The van der Waals surface area contributed by atoms with Gasteiger partial charge in [0.05, 0.1) is 0 Å². The van der Waals surface area contributed by atoms with Crippen molar-refractivity contribution in [1.29, 1.82) is 0 Å². The Hall–Kier alpha value is -3.31. The highest BCUT2D eigenvalue weighted by Gasteiger charge is 2.10. The smallest absolute Gasteiger partial charge is 0.320 e. The van der Waals surface area contributed by atoms with E-state index < -0.39 is 12.0 Å². The fourth-order valence-corrected chi connectivity index (χ4v) is 2.31. The predicted octanol–water partition coefficient (Wildman–Crippen LogP) is 3.16. The number of nitrogen functional groups attached to an aromatic ring is 2. The maximum atomic E-state index is 10.4. The van der Waals surface area contributed by atoms with E-state index in [-0.39, 0.29) is 0 Å². The highest BCUT2D eigenvalue weighted by Crippen LogP contribution is 2.21. The number of hydrogen-bond donors (Lipinski definition) is 4. The summed E-state index contributed by atoms with van der Waals surface area (Å²) in [6, 6.07) is 24.1. The summed E-state index contributed by atoms with van der Waals surface area (Å²) in [6.07, 6.45) is 0.385. The molecule has 0 aliphatic heterocycles. The normalized spacial score (nSPS) is 11.1. The number of carbonyl (C=O) groups is 1. The summed E-state index contributed by atoms with van der Waals surface area (Å²) in [5, 5.41) is 8.52. The Balaban J connectivity index is 0.000000190. The second-order valence-electron chi connectivity index (χ2n) is 5.88. The van der Waals surface area contributed by atoms with Crippen molar-refractivity contribution in [3.05, 3.63) is 84.4 Å². The quantitative estimate of drug-likeness (QED) is 0.540. The monoisotopic (exact) mass is 349 g/mol. The molecular formula is C21H23N3O2. The molecule has 7 N–H and O–H groups in total. The van der Waals surface area contributed by atoms with Gasteiger partial charge in [0.25, 0.3) is 0 Å². The van der Waals surface area contributed by atoms with Crippen molar-refractivity contribution < 1.29 is 9.90 Å². The third-order valence-electron chi connectivity index (χ3n) is 3.77. The van der Waals surface area contributed by atoms with Gasteiger partial charge in [-0.05, 0) is 47.4 Å². The van der Waals surface area contributed by atoms with Crippen LogP contribution in [-0.4, -0.2) is 17.1 Å². The van der Waals surface area contributed by atoms with Crippen molar-refractivity contribution in [2.24, 2.45) is 5.73 Å². The molecule has 3 rings (SSSR count). The number of anilines is 2. The van der Waals surface area contributed by atoms with Crippen LogP contribution < -0.4 is 17.2 Å². The lowest BCUT2D eigenvalue weighted by Gasteiger charge is -2.04. The van der Waals surface area contributed by atoms with Crippen molar-refractivity contribution in [1.82, 2.24) is 0 Å². The third kappa shape index (κ3) is 5.96. The van der Waals surface area contributed by atoms with Crippen LogP contribution in [-0.2, 0) is 11.2 Å². The molecule has 0 bridgehead atoms. The van der Waals surface area contributed by atoms with E-state index in [1.54, 1.807) is 0 Å². The zero-order valence-corrected chi connectivity index (χ0v) is 14.4. The van der Waals surface area contributed by atoms with Gasteiger partial charge in [-0.2, -0.15) is 0 Å². The van der Waals surface area contributed by atoms with E-state index in [0.29, 0.717) is 6.42 Å². The van der Waals surface area contributed by atoms with E-state index in [4.69, 9.17) is 22.3 Å². The summed E-state index contributed by atoms with van der Waals surface area (Å²) in [7, 11) is 0. The molecule has 0 aliphatic carbocycles. The molecule has 0 aromatic heterocycles. The van der Waals surface area contributed by atoms with Gasteiger partial charge in [-0.3, -0.25) is 4.79 Å². The maximum absolute atomic E-state index is 10.4. The molecule has 0 heterocycles.